The van der Waals surface area contributed by atoms with E-state index in [0.717, 1.165) is 6.26 Å². The number of ether oxygens (including phenoxy) is 2. The predicted molar refractivity (Wildman–Crippen MR) is 103 cm³/mol. The molecular formula is C17H22N3O5S2+. The van der Waals surface area contributed by atoms with Gasteiger partial charge < -0.3 is 14.4 Å². The van der Waals surface area contributed by atoms with Crippen molar-refractivity contribution in [1.82, 2.24) is 4.98 Å². The molecular weight excluding hydrogens is 390 g/mol. The Hall–Kier alpha value is -2.17. The molecule has 1 N–H and O–H groups in total. The Morgan fingerprint density at radius 2 is 2.11 bits per heavy atom. The first-order valence-corrected chi connectivity index (χ1v) is 11.1. The van der Waals surface area contributed by atoms with Gasteiger partial charge in [0.2, 0.25) is 5.76 Å². The number of benzene rings is 1. The molecule has 0 saturated heterocycles. The van der Waals surface area contributed by atoms with Gasteiger partial charge in [0, 0.05) is 6.26 Å². The molecule has 1 amide bonds. The molecule has 0 fully saturated rings. The third kappa shape index (κ3) is 4.40. The number of anilines is 1. The van der Waals surface area contributed by atoms with Gasteiger partial charge in [0.1, 0.15) is 25.0 Å². The van der Waals surface area contributed by atoms with E-state index in [1.54, 1.807) is 12.1 Å². The number of nitrogens with zero attached hydrogens (tertiary/aromatic N) is 2. The fraction of sp³-hybridized carbons (Fsp3) is 0.412. The van der Waals surface area contributed by atoms with E-state index >= 15 is 0 Å². The lowest BCUT2D eigenvalue weighted by atomic mass is 10.3. The van der Waals surface area contributed by atoms with Crippen LogP contribution in [0.15, 0.2) is 35.1 Å². The normalized spacial score (nSPS) is 14.6. The van der Waals surface area contributed by atoms with Crippen molar-refractivity contribution in [2.45, 2.75) is 4.90 Å². The summed E-state index contributed by atoms with van der Waals surface area (Å²) in [6, 6.07) is 5.00. The van der Waals surface area contributed by atoms with Crippen LogP contribution >= 0.6 is 11.3 Å². The smallest absolute Gasteiger partial charge is 0.298 e. The van der Waals surface area contributed by atoms with Gasteiger partial charge in [0.05, 0.1) is 36.8 Å². The summed E-state index contributed by atoms with van der Waals surface area (Å²) in [7, 11) is 0.549. The Kier molecular flexibility index (Phi) is 5.68. The summed E-state index contributed by atoms with van der Waals surface area (Å²) in [5, 5.41) is 0.433. The zero-order valence-electron chi connectivity index (χ0n) is 15.4. The predicted octanol–water partition coefficient (Wildman–Crippen LogP) is 0.0655. The number of para-hydroxylation sites is 1. The average Bonchev–Trinajstić information content (AvgIpc) is 3.05. The van der Waals surface area contributed by atoms with E-state index in [9.17, 15) is 13.2 Å². The highest BCUT2D eigenvalue weighted by molar-refractivity contribution is 7.91. The molecule has 1 aromatic heterocycles. The summed E-state index contributed by atoms with van der Waals surface area (Å²) >= 11 is 1.28. The maximum atomic E-state index is 13.0. The van der Waals surface area contributed by atoms with Crippen LogP contribution in [-0.2, 0) is 24.1 Å². The average molecular weight is 413 g/mol. The molecule has 8 nitrogen and oxygen atoms in total. The Bertz CT molecular complexity index is 982. The molecule has 1 aliphatic heterocycles. The van der Waals surface area contributed by atoms with E-state index in [1.807, 2.05) is 14.1 Å². The third-order valence-electron chi connectivity index (χ3n) is 3.94. The Labute approximate surface area is 161 Å². The first-order chi connectivity index (χ1) is 12.8. The second-order valence-electron chi connectivity index (χ2n) is 6.49. The van der Waals surface area contributed by atoms with Gasteiger partial charge in [-0.1, -0.05) is 17.4 Å². The highest BCUT2D eigenvalue weighted by Crippen LogP contribution is 2.33. The number of sulfone groups is 1. The molecule has 3 rings (SSSR count). The number of carbonyl (C=O) groups is 1. The zero-order chi connectivity index (χ0) is 19.6. The van der Waals surface area contributed by atoms with Gasteiger partial charge in [-0.3, -0.25) is 9.69 Å². The lowest BCUT2D eigenvalue weighted by molar-refractivity contribution is -0.856. The number of carbonyl (C=O) groups excluding carboxylic acids is 1. The summed E-state index contributed by atoms with van der Waals surface area (Å²) in [6.07, 6.45) is 2.47. The Balaban J connectivity index is 2.03. The van der Waals surface area contributed by atoms with E-state index in [2.05, 4.69) is 4.98 Å². The van der Waals surface area contributed by atoms with Crippen molar-refractivity contribution < 1.29 is 27.6 Å². The van der Waals surface area contributed by atoms with Gasteiger partial charge in [-0.05, 0) is 12.1 Å². The molecule has 0 spiro atoms. The third-order valence-corrected chi connectivity index (χ3v) is 6.11. The number of rotatable bonds is 6. The van der Waals surface area contributed by atoms with Crippen molar-refractivity contribution in [2.24, 2.45) is 0 Å². The zero-order valence-corrected chi connectivity index (χ0v) is 17.0. The van der Waals surface area contributed by atoms with Crippen LogP contribution in [0.5, 0.6) is 0 Å². The number of quaternary nitrogens is 1. The highest BCUT2D eigenvalue weighted by atomic mass is 32.2. The standard InChI is InChI=1S/C17H21N3O5S2/c1-19(2)7-8-20(16(21)12-11-24-9-10-25-12)17-18-15-13(26-17)5-4-6-14(15)27(3,22)23/h4-6,11H,7-10H2,1-3H3/p+1. The van der Waals surface area contributed by atoms with E-state index in [4.69, 9.17) is 9.47 Å². The minimum atomic E-state index is -3.43. The van der Waals surface area contributed by atoms with Crippen LogP contribution in [-0.4, -0.2) is 66.0 Å². The molecule has 146 valence electrons. The van der Waals surface area contributed by atoms with Crippen LogP contribution in [0.3, 0.4) is 0 Å². The number of aromatic nitrogens is 1. The molecule has 0 bridgehead atoms. The van der Waals surface area contributed by atoms with Gasteiger partial charge in [0.15, 0.2) is 15.0 Å². The number of likely N-dealkylation sites (N-methyl/N-ethyl adjacent to an activating group) is 1. The number of nitrogens with one attached hydrogen (secondary N) is 1. The van der Waals surface area contributed by atoms with Crippen LogP contribution in [0, 0.1) is 0 Å². The topological polar surface area (TPSA) is 90.2 Å². The largest absolute Gasteiger partial charge is 0.494 e. The molecule has 1 aromatic carbocycles. The summed E-state index contributed by atoms with van der Waals surface area (Å²) in [5.41, 5.74) is 0.379. The summed E-state index contributed by atoms with van der Waals surface area (Å²) in [6.45, 7) is 1.81. The van der Waals surface area contributed by atoms with Crippen LogP contribution in [0.2, 0.25) is 0 Å². The van der Waals surface area contributed by atoms with Gasteiger partial charge in [0.25, 0.3) is 5.91 Å². The SMILES string of the molecule is C[NH+](C)CCN(C(=O)C1=COCCO1)c1nc2c(S(C)(=O)=O)cccc2s1. The molecule has 0 atom stereocenters. The van der Waals surface area contributed by atoms with Crippen LogP contribution in [0.4, 0.5) is 5.13 Å². The molecule has 2 aromatic rings. The molecule has 0 saturated carbocycles. The lowest BCUT2D eigenvalue weighted by Crippen LogP contribution is -3.06. The van der Waals surface area contributed by atoms with Crippen molar-refractivity contribution >= 4 is 42.4 Å². The molecule has 10 heteroatoms. The fourth-order valence-electron chi connectivity index (χ4n) is 2.56. The van der Waals surface area contributed by atoms with Crippen molar-refractivity contribution in [3.05, 3.63) is 30.2 Å². The van der Waals surface area contributed by atoms with E-state index in [-0.39, 0.29) is 16.6 Å². The molecule has 1 aliphatic rings. The minimum absolute atomic E-state index is 0.123. The van der Waals surface area contributed by atoms with Crippen LogP contribution in [0.25, 0.3) is 10.2 Å². The number of hydrogen-bond acceptors (Lipinski definition) is 7. The highest BCUT2D eigenvalue weighted by Gasteiger charge is 2.27. The van der Waals surface area contributed by atoms with E-state index in [0.29, 0.717) is 41.7 Å². The van der Waals surface area contributed by atoms with Gasteiger partial charge in [-0.25, -0.2) is 13.4 Å². The summed E-state index contributed by atoms with van der Waals surface area (Å²) in [4.78, 5) is 20.3. The van der Waals surface area contributed by atoms with Crippen molar-refractivity contribution in [1.29, 1.82) is 0 Å². The molecule has 0 aliphatic carbocycles. The Morgan fingerprint density at radius 3 is 2.74 bits per heavy atom. The maximum Gasteiger partial charge on any atom is 0.298 e. The first kappa shape index (κ1) is 19.6. The maximum absolute atomic E-state index is 13.0. The van der Waals surface area contributed by atoms with Crippen LogP contribution < -0.4 is 9.80 Å². The minimum Gasteiger partial charge on any atom is -0.494 e. The first-order valence-electron chi connectivity index (χ1n) is 8.42. The van der Waals surface area contributed by atoms with Crippen LogP contribution in [0.1, 0.15) is 0 Å². The quantitative estimate of drug-likeness (QED) is 0.722. The lowest BCUT2D eigenvalue weighted by Gasteiger charge is -2.23. The fourth-order valence-corrected chi connectivity index (χ4v) is 4.47. The van der Waals surface area contributed by atoms with Crippen molar-refractivity contribution in [3.8, 4) is 0 Å². The second-order valence-corrected chi connectivity index (χ2v) is 9.48. The molecule has 0 unspecified atom stereocenters. The molecule has 27 heavy (non-hydrogen) atoms. The Morgan fingerprint density at radius 1 is 1.33 bits per heavy atom. The van der Waals surface area contributed by atoms with Gasteiger partial charge in [-0.15, -0.1) is 0 Å². The van der Waals surface area contributed by atoms with Crippen molar-refractivity contribution in [3.63, 3.8) is 0 Å². The van der Waals surface area contributed by atoms with E-state index < -0.39 is 9.84 Å². The van der Waals surface area contributed by atoms with E-state index in [1.165, 1.54) is 33.5 Å². The molecule has 0 radical (unpaired) electrons. The summed E-state index contributed by atoms with van der Waals surface area (Å²) < 4.78 is 35.4. The van der Waals surface area contributed by atoms with Gasteiger partial charge in [-0.2, -0.15) is 0 Å². The number of hydrogen-bond donors (Lipinski definition) is 1. The summed E-state index contributed by atoms with van der Waals surface area (Å²) in [5.74, 6) is -0.228. The number of thiazole rings is 1. The molecule has 2 heterocycles. The monoisotopic (exact) mass is 412 g/mol. The van der Waals surface area contributed by atoms with Crippen molar-refractivity contribution in [2.75, 3.05) is 51.6 Å². The van der Waals surface area contributed by atoms with Gasteiger partial charge >= 0.3 is 0 Å². The number of amides is 1. The number of fused-ring (bicyclic) bond motifs is 1. The second kappa shape index (κ2) is 7.83.